The molecule has 0 unspecified atom stereocenters. The summed E-state index contributed by atoms with van der Waals surface area (Å²) in [6.45, 7) is 6.51. The molecule has 0 atom stereocenters. The maximum Gasteiger partial charge on any atom is 0.243 e. The van der Waals surface area contributed by atoms with Crippen molar-refractivity contribution in [3.05, 3.63) is 64.4 Å². The lowest BCUT2D eigenvalue weighted by Crippen LogP contribution is -2.48. The number of hydrogen-bond acceptors (Lipinski definition) is 6. The maximum atomic E-state index is 13.0. The largest absolute Gasteiger partial charge is 0.293 e. The summed E-state index contributed by atoms with van der Waals surface area (Å²) in [5, 5.41) is 12.6. The number of tetrazole rings is 1. The lowest BCUT2D eigenvalue weighted by atomic mass is 10.1. The fourth-order valence-corrected chi connectivity index (χ4v) is 5.07. The second-order valence-electron chi connectivity index (χ2n) is 7.41. The van der Waals surface area contributed by atoms with Crippen molar-refractivity contribution in [3.8, 4) is 5.69 Å². The van der Waals surface area contributed by atoms with Crippen molar-refractivity contribution in [2.24, 2.45) is 0 Å². The third kappa shape index (κ3) is 4.24. The highest BCUT2D eigenvalue weighted by Crippen LogP contribution is 2.21. The summed E-state index contributed by atoms with van der Waals surface area (Å²) in [5.74, 6) is 0.697. The first-order chi connectivity index (χ1) is 14.3. The van der Waals surface area contributed by atoms with Crippen LogP contribution in [0.3, 0.4) is 0 Å². The number of halogens is 1. The van der Waals surface area contributed by atoms with Gasteiger partial charge in [-0.3, -0.25) is 4.90 Å². The van der Waals surface area contributed by atoms with E-state index in [1.165, 1.54) is 0 Å². The summed E-state index contributed by atoms with van der Waals surface area (Å²) in [5.41, 5.74) is 2.89. The van der Waals surface area contributed by atoms with Gasteiger partial charge in [-0.05, 0) is 71.8 Å². The first-order valence-corrected chi connectivity index (χ1v) is 11.5. The second-order valence-corrected chi connectivity index (χ2v) is 9.78. The molecule has 0 amide bonds. The zero-order valence-corrected chi connectivity index (χ0v) is 18.4. The van der Waals surface area contributed by atoms with Crippen LogP contribution in [0.5, 0.6) is 0 Å². The number of hydrogen-bond donors (Lipinski definition) is 0. The number of benzene rings is 2. The SMILES string of the molecule is Cc1ccc(S(=O)(=O)N2CCN(Cc3nnnn3-c3ccc(Cl)cc3)CC2)cc1C. The number of sulfonamides is 1. The van der Waals surface area contributed by atoms with Gasteiger partial charge in [0.2, 0.25) is 10.0 Å². The van der Waals surface area contributed by atoms with E-state index >= 15 is 0 Å². The highest BCUT2D eigenvalue weighted by atomic mass is 35.5. The third-order valence-electron chi connectivity index (χ3n) is 5.42. The Morgan fingerprint density at radius 3 is 2.33 bits per heavy atom. The van der Waals surface area contributed by atoms with Gasteiger partial charge in [-0.2, -0.15) is 8.99 Å². The van der Waals surface area contributed by atoms with Crippen LogP contribution in [0, 0.1) is 13.8 Å². The molecule has 0 aliphatic carbocycles. The topological polar surface area (TPSA) is 84.2 Å². The third-order valence-corrected chi connectivity index (χ3v) is 7.56. The molecule has 158 valence electrons. The average molecular weight is 447 g/mol. The Morgan fingerprint density at radius 2 is 1.67 bits per heavy atom. The summed E-state index contributed by atoms with van der Waals surface area (Å²) < 4.78 is 29.2. The van der Waals surface area contributed by atoms with E-state index in [0.717, 1.165) is 16.8 Å². The Balaban J connectivity index is 1.43. The zero-order chi connectivity index (χ0) is 21.3. The van der Waals surface area contributed by atoms with Crippen LogP contribution in [-0.2, 0) is 16.6 Å². The van der Waals surface area contributed by atoms with Crippen LogP contribution in [0.2, 0.25) is 5.02 Å². The number of aromatic nitrogens is 4. The van der Waals surface area contributed by atoms with E-state index in [4.69, 9.17) is 11.6 Å². The summed E-state index contributed by atoms with van der Waals surface area (Å²) in [7, 11) is -3.49. The zero-order valence-electron chi connectivity index (χ0n) is 16.9. The molecule has 0 bridgehead atoms. The smallest absolute Gasteiger partial charge is 0.243 e. The Morgan fingerprint density at radius 1 is 0.967 bits per heavy atom. The second kappa shape index (κ2) is 8.43. The van der Waals surface area contributed by atoms with Gasteiger partial charge in [0, 0.05) is 31.2 Å². The lowest BCUT2D eigenvalue weighted by Gasteiger charge is -2.33. The maximum absolute atomic E-state index is 13.0. The van der Waals surface area contributed by atoms with E-state index in [0.29, 0.717) is 48.5 Å². The number of nitrogens with zero attached hydrogens (tertiary/aromatic N) is 6. The van der Waals surface area contributed by atoms with Gasteiger partial charge in [0.15, 0.2) is 5.82 Å². The molecule has 1 saturated heterocycles. The molecular weight excluding hydrogens is 424 g/mol. The minimum Gasteiger partial charge on any atom is -0.293 e. The molecule has 4 rings (SSSR count). The van der Waals surface area contributed by atoms with E-state index in [2.05, 4.69) is 20.4 Å². The molecule has 2 heterocycles. The van der Waals surface area contributed by atoms with E-state index < -0.39 is 10.0 Å². The van der Waals surface area contributed by atoms with Crippen molar-refractivity contribution < 1.29 is 8.42 Å². The standard InChI is InChI=1S/C20H23ClN6O2S/c1-15-3-8-19(13-16(15)2)30(28,29)26-11-9-25(10-12-26)14-20-22-23-24-27(20)18-6-4-17(21)5-7-18/h3-8,13H,9-12,14H2,1-2H3. The van der Waals surface area contributed by atoms with E-state index in [9.17, 15) is 8.42 Å². The van der Waals surface area contributed by atoms with Crippen LogP contribution in [0.1, 0.15) is 17.0 Å². The normalized spacial score (nSPS) is 16.1. The molecule has 1 aliphatic rings. The molecule has 30 heavy (non-hydrogen) atoms. The van der Waals surface area contributed by atoms with Crippen LogP contribution in [0.25, 0.3) is 5.69 Å². The molecule has 1 fully saturated rings. The minimum absolute atomic E-state index is 0.353. The van der Waals surface area contributed by atoms with Gasteiger partial charge < -0.3 is 0 Å². The van der Waals surface area contributed by atoms with Crippen molar-refractivity contribution in [2.45, 2.75) is 25.3 Å². The molecule has 0 saturated carbocycles. The number of rotatable bonds is 5. The quantitative estimate of drug-likeness (QED) is 0.598. The van der Waals surface area contributed by atoms with Gasteiger partial charge in [0.25, 0.3) is 0 Å². The van der Waals surface area contributed by atoms with Gasteiger partial charge in [0.1, 0.15) is 0 Å². The molecule has 0 N–H and O–H groups in total. The van der Waals surface area contributed by atoms with Gasteiger partial charge >= 0.3 is 0 Å². The van der Waals surface area contributed by atoms with E-state index in [-0.39, 0.29) is 0 Å². The summed E-state index contributed by atoms with van der Waals surface area (Å²) in [6.07, 6.45) is 0. The summed E-state index contributed by atoms with van der Waals surface area (Å²) in [6, 6.07) is 12.6. The molecule has 0 spiro atoms. The first-order valence-electron chi connectivity index (χ1n) is 9.67. The minimum atomic E-state index is -3.49. The van der Waals surface area contributed by atoms with Crippen molar-refractivity contribution in [1.29, 1.82) is 0 Å². The molecule has 1 aliphatic heterocycles. The molecular formula is C20H23ClN6O2S. The number of aryl methyl sites for hydroxylation is 2. The van der Waals surface area contributed by atoms with Gasteiger partial charge in [0.05, 0.1) is 17.1 Å². The molecule has 1 aromatic heterocycles. The van der Waals surface area contributed by atoms with Crippen LogP contribution in [0.15, 0.2) is 47.4 Å². The van der Waals surface area contributed by atoms with Crippen molar-refractivity contribution in [2.75, 3.05) is 26.2 Å². The highest BCUT2D eigenvalue weighted by molar-refractivity contribution is 7.89. The van der Waals surface area contributed by atoms with Gasteiger partial charge in [-0.15, -0.1) is 5.10 Å². The van der Waals surface area contributed by atoms with Crippen molar-refractivity contribution in [3.63, 3.8) is 0 Å². The highest BCUT2D eigenvalue weighted by Gasteiger charge is 2.29. The molecule has 0 radical (unpaired) electrons. The Labute approximate surface area is 181 Å². The lowest BCUT2D eigenvalue weighted by molar-refractivity contribution is 0.177. The van der Waals surface area contributed by atoms with E-state index in [1.54, 1.807) is 33.3 Å². The van der Waals surface area contributed by atoms with Gasteiger partial charge in [-0.1, -0.05) is 17.7 Å². The molecule has 10 heteroatoms. The van der Waals surface area contributed by atoms with Gasteiger partial charge in [-0.25, -0.2) is 8.42 Å². The molecule has 3 aromatic rings. The Bertz CT molecular complexity index is 1140. The fraction of sp³-hybridized carbons (Fsp3) is 0.350. The fourth-order valence-electron chi connectivity index (χ4n) is 3.44. The Kier molecular flexibility index (Phi) is 5.88. The Hall–Kier alpha value is -2.33. The van der Waals surface area contributed by atoms with Crippen LogP contribution < -0.4 is 0 Å². The first kappa shape index (κ1) is 20.9. The van der Waals surface area contributed by atoms with Crippen LogP contribution in [-0.4, -0.2) is 64.0 Å². The van der Waals surface area contributed by atoms with E-state index in [1.807, 2.05) is 32.0 Å². The van der Waals surface area contributed by atoms with Crippen LogP contribution >= 0.6 is 11.6 Å². The summed E-state index contributed by atoms with van der Waals surface area (Å²) in [4.78, 5) is 2.51. The predicted octanol–water partition coefficient (Wildman–Crippen LogP) is 2.44. The van der Waals surface area contributed by atoms with Crippen molar-refractivity contribution in [1.82, 2.24) is 29.4 Å². The monoisotopic (exact) mass is 446 g/mol. The average Bonchev–Trinajstić information content (AvgIpc) is 3.19. The van der Waals surface area contributed by atoms with Crippen molar-refractivity contribution >= 4 is 21.6 Å². The summed E-state index contributed by atoms with van der Waals surface area (Å²) >= 11 is 5.96. The number of piperazine rings is 1. The van der Waals surface area contributed by atoms with Crippen LogP contribution in [0.4, 0.5) is 0 Å². The predicted molar refractivity (Wildman–Crippen MR) is 114 cm³/mol. The molecule has 2 aromatic carbocycles. The molecule has 8 nitrogen and oxygen atoms in total.